The first-order valence-electron chi connectivity index (χ1n) is 8.98. The van der Waals surface area contributed by atoms with Gasteiger partial charge in [0.25, 0.3) is 10.0 Å². The lowest BCUT2D eigenvalue weighted by Crippen LogP contribution is -2.49. The van der Waals surface area contributed by atoms with E-state index in [0.717, 1.165) is 4.31 Å². The number of hydrogen-bond acceptors (Lipinski definition) is 6. The smallest absolute Gasteiger partial charge is 0.284 e. The molecule has 1 amide bonds. The lowest BCUT2D eigenvalue weighted by Gasteiger charge is -2.29. The first-order chi connectivity index (χ1) is 12.2. The van der Waals surface area contributed by atoms with Crippen molar-refractivity contribution in [2.45, 2.75) is 63.6 Å². The van der Waals surface area contributed by atoms with Crippen LogP contribution in [0.3, 0.4) is 0 Å². The van der Waals surface area contributed by atoms with E-state index in [-0.39, 0.29) is 35.7 Å². The van der Waals surface area contributed by atoms with Crippen molar-refractivity contribution in [1.29, 1.82) is 0 Å². The number of rotatable bonds is 6. The van der Waals surface area contributed by atoms with E-state index in [9.17, 15) is 18.0 Å². The first kappa shape index (κ1) is 20.5. The first-order valence-corrected chi connectivity index (χ1v) is 10.4. The van der Waals surface area contributed by atoms with E-state index in [2.05, 4.69) is 10.3 Å². The third-order valence-corrected chi connectivity index (χ3v) is 6.24. The van der Waals surface area contributed by atoms with Crippen molar-refractivity contribution < 1.29 is 18.0 Å². The molecule has 1 saturated heterocycles. The number of carbonyl (C=O) groups is 2. The van der Waals surface area contributed by atoms with Gasteiger partial charge in [-0.05, 0) is 44.2 Å². The van der Waals surface area contributed by atoms with Crippen LogP contribution in [-0.2, 0) is 19.6 Å². The van der Waals surface area contributed by atoms with Gasteiger partial charge in [-0.25, -0.2) is 9.29 Å². The largest absolute Gasteiger partial charge is 0.307 e. The minimum Gasteiger partial charge on any atom is -0.307 e. The number of ketones is 1. The third-order valence-electron chi connectivity index (χ3n) is 4.49. The van der Waals surface area contributed by atoms with Crippen LogP contribution in [-0.4, -0.2) is 48.0 Å². The van der Waals surface area contributed by atoms with Gasteiger partial charge in [0.1, 0.15) is 6.04 Å². The zero-order valence-corrected chi connectivity index (χ0v) is 16.3. The maximum absolute atomic E-state index is 13.1. The molecule has 2 atom stereocenters. The van der Waals surface area contributed by atoms with Crippen LogP contribution in [0.2, 0.25) is 0 Å². The Kier molecular flexibility index (Phi) is 6.88. The fourth-order valence-corrected chi connectivity index (χ4v) is 4.47. The fraction of sp³-hybridized carbons (Fsp3) is 0.611. The molecule has 0 unspecified atom stereocenters. The van der Waals surface area contributed by atoms with E-state index in [0.29, 0.717) is 19.3 Å². The Labute approximate surface area is 155 Å². The van der Waals surface area contributed by atoms with Crippen LogP contribution in [0.25, 0.3) is 0 Å². The number of Topliss-reactive ketones (excluding diaryl/α,β-unsaturated/α-hetero) is 1. The molecule has 2 heterocycles. The van der Waals surface area contributed by atoms with E-state index in [1.54, 1.807) is 12.1 Å². The van der Waals surface area contributed by atoms with Crippen LogP contribution in [0.4, 0.5) is 0 Å². The molecule has 0 aliphatic carbocycles. The highest BCUT2D eigenvalue weighted by Gasteiger charge is 2.40. The fourth-order valence-electron chi connectivity index (χ4n) is 2.91. The second kappa shape index (κ2) is 8.73. The highest BCUT2D eigenvalue weighted by atomic mass is 32.2. The van der Waals surface area contributed by atoms with Crippen molar-refractivity contribution in [1.82, 2.24) is 14.6 Å². The molecule has 0 aromatic carbocycles. The van der Waals surface area contributed by atoms with Gasteiger partial charge in [-0.2, -0.15) is 8.42 Å². The van der Waals surface area contributed by atoms with E-state index in [4.69, 9.17) is 0 Å². The van der Waals surface area contributed by atoms with Crippen LogP contribution in [0.15, 0.2) is 29.4 Å². The summed E-state index contributed by atoms with van der Waals surface area (Å²) in [4.78, 5) is 29.3. The van der Waals surface area contributed by atoms with Crippen LogP contribution < -0.4 is 5.32 Å². The molecule has 8 heteroatoms. The lowest BCUT2D eigenvalue weighted by molar-refractivity contribution is -0.134. The van der Waals surface area contributed by atoms with Gasteiger partial charge in [0.05, 0.1) is 6.54 Å². The molecule has 1 aliphatic rings. The topological polar surface area (TPSA) is 96.4 Å². The van der Waals surface area contributed by atoms with Gasteiger partial charge in [-0.1, -0.05) is 19.9 Å². The summed E-state index contributed by atoms with van der Waals surface area (Å²) in [6.07, 6.45) is 2.93. The number of nitrogens with zero attached hydrogens (tertiary/aromatic N) is 2. The number of aromatic nitrogens is 1. The van der Waals surface area contributed by atoms with Crippen LogP contribution >= 0.6 is 0 Å². The van der Waals surface area contributed by atoms with Gasteiger partial charge in [0, 0.05) is 18.7 Å². The number of sulfonamides is 1. The number of pyridine rings is 1. The summed E-state index contributed by atoms with van der Waals surface area (Å²) < 4.78 is 27.0. The summed E-state index contributed by atoms with van der Waals surface area (Å²) in [7, 11) is -4.19. The second-order valence-electron chi connectivity index (χ2n) is 7.14. The Morgan fingerprint density at radius 1 is 1.35 bits per heavy atom. The normalized spacial score (nSPS) is 21.5. The summed E-state index contributed by atoms with van der Waals surface area (Å²) in [6, 6.07) is 3.61. The Morgan fingerprint density at radius 2 is 2.08 bits per heavy atom. The van der Waals surface area contributed by atoms with E-state index >= 15 is 0 Å². The number of carbonyl (C=O) groups excluding carboxylic acids is 2. The maximum atomic E-state index is 13.1. The standard InChI is InChI=1S/C18H27N3O4S/c1-13(2)7-10-18(23)21(15-9-8-14(3)20-12-16(15)22)26(24,25)17-6-4-5-11-19-17/h4-6,11,13-15,20H,7-10,12H2,1-3H3/t14-,15-/m1/s1. The lowest BCUT2D eigenvalue weighted by atomic mass is 10.0. The third kappa shape index (κ3) is 4.88. The monoisotopic (exact) mass is 381 g/mol. The number of nitrogens with one attached hydrogen (secondary N) is 1. The molecule has 1 aliphatic heterocycles. The van der Waals surface area contributed by atoms with Gasteiger partial charge in [-0.15, -0.1) is 0 Å². The van der Waals surface area contributed by atoms with Crippen LogP contribution in [0, 0.1) is 5.92 Å². The molecule has 0 radical (unpaired) electrons. The van der Waals surface area contributed by atoms with Gasteiger partial charge in [-0.3, -0.25) is 9.59 Å². The zero-order chi connectivity index (χ0) is 19.3. The van der Waals surface area contributed by atoms with Crippen molar-refractivity contribution in [3.63, 3.8) is 0 Å². The molecule has 0 saturated carbocycles. The molecule has 0 bridgehead atoms. The second-order valence-corrected chi connectivity index (χ2v) is 8.90. The minimum atomic E-state index is -4.19. The Morgan fingerprint density at radius 3 is 2.69 bits per heavy atom. The van der Waals surface area contributed by atoms with Gasteiger partial charge >= 0.3 is 0 Å². The van der Waals surface area contributed by atoms with Crippen molar-refractivity contribution in [2.24, 2.45) is 5.92 Å². The van der Waals surface area contributed by atoms with Gasteiger partial charge < -0.3 is 5.32 Å². The molecule has 1 aromatic heterocycles. The van der Waals surface area contributed by atoms with Crippen LogP contribution in [0.5, 0.6) is 0 Å². The van der Waals surface area contributed by atoms with Crippen molar-refractivity contribution >= 4 is 21.7 Å². The predicted octanol–water partition coefficient (Wildman–Crippen LogP) is 1.74. The molecule has 7 nitrogen and oxygen atoms in total. The van der Waals surface area contributed by atoms with E-state index < -0.39 is 22.0 Å². The van der Waals surface area contributed by atoms with Crippen LogP contribution in [0.1, 0.15) is 46.5 Å². The summed E-state index contributed by atoms with van der Waals surface area (Å²) in [6.45, 7) is 5.92. The van der Waals surface area contributed by atoms with Gasteiger partial charge in [0.2, 0.25) is 5.91 Å². The molecule has 26 heavy (non-hydrogen) atoms. The molecule has 1 aromatic rings. The van der Waals surface area contributed by atoms with Gasteiger partial charge in [0.15, 0.2) is 10.8 Å². The Bertz CT molecular complexity index is 734. The molecule has 144 valence electrons. The molecular weight excluding hydrogens is 354 g/mol. The molecular formula is C18H27N3O4S. The summed E-state index contributed by atoms with van der Waals surface area (Å²) in [5.74, 6) is -0.575. The number of amides is 1. The predicted molar refractivity (Wildman–Crippen MR) is 97.8 cm³/mol. The molecule has 1 N–H and O–H groups in total. The SMILES string of the molecule is CC(C)CCC(=O)N([C@@H]1CC[C@@H](C)NCC1=O)S(=O)(=O)c1ccccn1. The molecule has 0 spiro atoms. The van der Waals surface area contributed by atoms with Crippen molar-refractivity contribution in [2.75, 3.05) is 6.54 Å². The summed E-state index contributed by atoms with van der Waals surface area (Å²) in [5.41, 5.74) is 0. The average molecular weight is 381 g/mol. The summed E-state index contributed by atoms with van der Waals surface area (Å²) >= 11 is 0. The zero-order valence-electron chi connectivity index (χ0n) is 15.5. The highest BCUT2D eigenvalue weighted by Crippen LogP contribution is 2.24. The number of hydrogen-bond donors (Lipinski definition) is 1. The average Bonchev–Trinajstić information content (AvgIpc) is 2.76. The van der Waals surface area contributed by atoms with Crippen molar-refractivity contribution in [3.8, 4) is 0 Å². The van der Waals surface area contributed by atoms with E-state index in [1.807, 2.05) is 20.8 Å². The Balaban J connectivity index is 2.41. The Hall–Kier alpha value is -1.80. The quantitative estimate of drug-likeness (QED) is 0.806. The molecule has 1 fully saturated rings. The van der Waals surface area contributed by atoms with E-state index in [1.165, 1.54) is 12.3 Å². The maximum Gasteiger partial charge on any atom is 0.284 e. The minimum absolute atomic E-state index is 0.0531. The summed E-state index contributed by atoms with van der Waals surface area (Å²) in [5, 5.41) is 2.85. The van der Waals surface area contributed by atoms with Crippen molar-refractivity contribution in [3.05, 3.63) is 24.4 Å². The highest BCUT2D eigenvalue weighted by molar-refractivity contribution is 7.89. The molecule has 2 rings (SSSR count).